The molecule has 3 aromatic carbocycles. The van der Waals surface area contributed by atoms with E-state index in [2.05, 4.69) is 27.3 Å². The van der Waals surface area contributed by atoms with Gasteiger partial charge in [0.15, 0.2) is 0 Å². The molecule has 3 rings (SSSR count). The van der Waals surface area contributed by atoms with Gasteiger partial charge in [0.25, 0.3) is 0 Å². The van der Waals surface area contributed by atoms with Gasteiger partial charge in [0, 0.05) is 50.2 Å². The molecule has 3 amide bonds. The van der Waals surface area contributed by atoms with Crippen LogP contribution in [0.4, 0.5) is 10.5 Å². The number of carbonyl (C=O) groups excluding carboxylic acids is 3. The van der Waals surface area contributed by atoms with E-state index in [-0.39, 0.29) is 30.5 Å². The number of ether oxygens (including phenoxy) is 1. The Hall–Kier alpha value is -4.42. The third-order valence-corrected chi connectivity index (χ3v) is 8.32. The van der Waals surface area contributed by atoms with Gasteiger partial charge in [-0.3, -0.25) is 9.59 Å². The normalized spacial score (nSPS) is 11.8. The maximum Gasteiger partial charge on any atom is 0.408 e. The summed E-state index contributed by atoms with van der Waals surface area (Å²) in [6, 6.07) is 19.0. The second-order valence-corrected chi connectivity index (χ2v) is 12.1. The number of nitrogens with zero attached hydrogens (tertiary/aromatic N) is 1. The summed E-state index contributed by atoms with van der Waals surface area (Å²) in [5, 5.41) is 9.52. The van der Waals surface area contributed by atoms with Gasteiger partial charge in [-0.05, 0) is 49.5 Å². The topological polar surface area (TPSA) is 146 Å². The fourth-order valence-corrected chi connectivity index (χ4v) is 5.82. The molecule has 0 aliphatic heterocycles. The lowest BCUT2D eigenvalue weighted by atomic mass is 10.1. The van der Waals surface area contributed by atoms with Gasteiger partial charge in [-0.15, -0.1) is 0 Å². The van der Waals surface area contributed by atoms with Crippen LogP contribution in [0.5, 0.6) is 0 Å². The molecule has 0 bridgehead atoms. The minimum Gasteiger partial charge on any atom is -0.445 e. The molecule has 1 atom stereocenters. The summed E-state index contributed by atoms with van der Waals surface area (Å²) in [7, 11) is -0.00252. The number of amides is 3. The fourth-order valence-electron chi connectivity index (χ4n) is 4.53. The number of nitrogens with one attached hydrogen (secondary N) is 4. The Labute approximate surface area is 259 Å². The molecular formula is C32H41N5O6S. The predicted molar refractivity (Wildman–Crippen MR) is 172 cm³/mol. The Morgan fingerprint density at radius 2 is 1.57 bits per heavy atom. The molecule has 236 valence electrons. The molecule has 4 N–H and O–H groups in total. The number of rotatable bonds is 17. The molecule has 0 aliphatic rings. The zero-order valence-electron chi connectivity index (χ0n) is 25.2. The number of unbranched alkanes of at least 4 members (excludes halogenated alkanes) is 1. The number of alkyl carbamates (subject to hydrolysis) is 1. The number of hydrogen-bond acceptors (Lipinski definition) is 7. The van der Waals surface area contributed by atoms with Crippen LogP contribution in [0.2, 0.25) is 0 Å². The third-order valence-electron chi connectivity index (χ3n) is 6.80. The summed E-state index contributed by atoms with van der Waals surface area (Å²) in [5.41, 5.74) is 1.72. The highest BCUT2D eigenvalue weighted by Gasteiger charge is 2.22. The quantitative estimate of drug-likeness (QED) is 0.133. The maximum atomic E-state index is 13.1. The molecule has 0 spiro atoms. The van der Waals surface area contributed by atoms with Gasteiger partial charge in [0.1, 0.15) is 12.6 Å². The number of anilines is 1. The minimum absolute atomic E-state index is 0.0574. The fraction of sp³-hybridized carbons (Fsp3) is 0.344. The molecule has 44 heavy (non-hydrogen) atoms. The smallest absolute Gasteiger partial charge is 0.408 e. The van der Waals surface area contributed by atoms with Gasteiger partial charge in [0.05, 0.1) is 4.90 Å². The maximum absolute atomic E-state index is 13.1. The summed E-state index contributed by atoms with van der Waals surface area (Å²) < 4.78 is 34.2. The highest BCUT2D eigenvalue weighted by molar-refractivity contribution is 7.89. The van der Waals surface area contributed by atoms with E-state index in [0.29, 0.717) is 37.6 Å². The second-order valence-electron chi connectivity index (χ2n) is 10.3. The van der Waals surface area contributed by atoms with Crippen molar-refractivity contribution in [2.45, 2.75) is 43.2 Å². The van der Waals surface area contributed by atoms with Crippen molar-refractivity contribution >= 4 is 44.4 Å². The van der Waals surface area contributed by atoms with Crippen molar-refractivity contribution in [1.82, 2.24) is 20.7 Å². The van der Waals surface area contributed by atoms with E-state index in [1.807, 2.05) is 67.5 Å². The minimum atomic E-state index is -3.81. The molecule has 0 saturated carbocycles. The predicted octanol–water partition coefficient (Wildman–Crippen LogP) is 3.46. The van der Waals surface area contributed by atoms with Crippen molar-refractivity contribution in [3.8, 4) is 0 Å². The molecule has 0 unspecified atom stereocenters. The lowest BCUT2D eigenvalue weighted by Crippen LogP contribution is -2.47. The largest absolute Gasteiger partial charge is 0.445 e. The number of fused-ring (bicyclic) bond motifs is 1. The molecule has 0 radical (unpaired) electrons. The van der Waals surface area contributed by atoms with Crippen molar-refractivity contribution in [2.24, 2.45) is 0 Å². The molecule has 0 aliphatic carbocycles. The first-order chi connectivity index (χ1) is 21.1. The molecule has 0 heterocycles. The van der Waals surface area contributed by atoms with Gasteiger partial charge < -0.3 is 25.6 Å². The van der Waals surface area contributed by atoms with Gasteiger partial charge in [-0.1, -0.05) is 61.2 Å². The molecule has 0 saturated heterocycles. The van der Waals surface area contributed by atoms with Crippen molar-refractivity contribution in [1.29, 1.82) is 0 Å². The average Bonchev–Trinajstić information content (AvgIpc) is 3.02. The number of hydrogen-bond donors (Lipinski definition) is 4. The Morgan fingerprint density at radius 3 is 2.30 bits per heavy atom. The van der Waals surface area contributed by atoms with Gasteiger partial charge >= 0.3 is 6.09 Å². The van der Waals surface area contributed by atoms with Gasteiger partial charge in [-0.2, -0.15) is 0 Å². The van der Waals surface area contributed by atoms with E-state index < -0.39 is 28.1 Å². The second kappa shape index (κ2) is 17.0. The highest BCUT2D eigenvalue weighted by atomic mass is 32.2. The molecule has 11 nitrogen and oxygen atoms in total. The van der Waals surface area contributed by atoms with E-state index in [1.54, 1.807) is 18.2 Å². The number of sulfonamides is 1. The van der Waals surface area contributed by atoms with Crippen LogP contribution < -0.4 is 25.6 Å². The first-order valence-corrected chi connectivity index (χ1v) is 15.9. The Kier molecular flexibility index (Phi) is 13.2. The first-order valence-electron chi connectivity index (χ1n) is 14.5. The van der Waals surface area contributed by atoms with Crippen molar-refractivity contribution < 1.29 is 27.5 Å². The first kappa shape index (κ1) is 34.1. The van der Waals surface area contributed by atoms with Crippen LogP contribution in [0.1, 0.15) is 31.2 Å². The standard InChI is InChI=1S/C32H41N5O6S/c1-4-30(38)33-20-9-8-17-27(36-32(40)43-23-24-13-6-5-7-14-24)31(39)34-21-12-22-35-44(41,42)29-19-11-15-25-26(29)16-10-18-28(25)37(2)3/h4-7,10-11,13-16,18-19,27,35H,1,8-9,12,17,20-23H2,2-3H3,(H,33,38)(H,34,39)(H,36,40)/t27-/m0/s1. The number of benzene rings is 3. The van der Waals surface area contributed by atoms with Crippen LogP contribution in [0, 0.1) is 0 Å². The van der Waals surface area contributed by atoms with E-state index in [9.17, 15) is 22.8 Å². The Bertz CT molecular complexity index is 1530. The lowest BCUT2D eigenvalue weighted by Gasteiger charge is -2.19. The summed E-state index contributed by atoms with van der Waals surface area (Å²) in [5.74, 6) is -0.693. The van der Waals surface area contributed by atoms with E-state index in [4.69, 9.17) is 4.74 Å². The molecule has 0 fully saturated rings. The summed E-state index contributed by atoms with van der Waals surface area (Å²) in [6.45, 7) is 4.17. The van der Waals surface area contributed by atoms with E-state index in [0.717, 1.165) is 16.6 Å². The SMILES string of the molecule is C=CC(=O)NCCCC[C@H](NC(=O)OCc1ccccc1)C(=O)NCCCNS(=O)(=O)c1cccc2c(N(C)C)cccc12. The summed E-state index contributed by atoms with van der Waals surface area (Å²) >= 11 is 0. The van der Waals surface area contributed by atoms with Gasteiger partial charge in [-0.25, -0.2) is 17.9 Å². The average molecular weight is 624 g/mol. The van der Waals surface area contributed by atoms with E-state index >= 15 is 0 Å². The lowest BCUT2D eigenvalue weighted by molar-refractivity contribution is -0.123. The van der Waals surface area contributed by atoms with Crippen molar-refractivity contribution in [3.63, 3.8) is 0 Å². The van der Waals surface area contributed by atoms with Crippen LogP contribution in [0.25, 0.3) is 10.8 Å². The zero-order chi connectivity index (χ0) is 32.0. The third kappa shape index (κ3) is 10.4. The summed E-state index contributed by atoms with van der Waals surface area (Å²) in [4.78, 5) is 38.9. The monoisotopic (exact) mass is 623 g/mol. The van der Waals surface area contributed by atoms with Crippen LogP contribution in [-0.2, 0) is 31.0 Å². The van der Waals surface area contributed by atoms with Crippen molar-refractivity contribution in [2.75, 3.05) is 38.6 Å². The van der Waals surface area contributed by atoms with Crippen LogP contribution in [0.3, 0.4) is 0 Å². The zero-order valence-corrected chi connectivity index (χ0v) is 26.0. The Balaban J connectivity index is 1.52. The molecule has 0 aromatic heterocycles. The molecule has 3 aromatic rings. The summed E-state index contributed by atoms with van der Waals surface area (Å²) in [6.07, 6.45) is 2.25. The van der Waals surface area contributed by atoms with Crippen LogP contribution >= 0.6 is 0 Å². The van der Waals surface area contributed by atoms with Gasteiger partial charge in [0.2, 0.25) is 21.8 Å². The van der Waals surface area contributed by atoms with Crippen LogP contribution in [0.15, 0.2) is 84.3 Å². The van der Waals surface area contributed by atoms with Crippen LogP contribution in [-0.4, -0.2) is 66.1 Å². The molecule has 12 heteroatoms. The highest BCUT2D eigenvalue weighted by Crippen LogP contribution is 2.30. The number of carbonyl (C=O) groups is 3. The molecular weight excluding hydrogens is 582 g/mol. The Morgan fingerprint density at radius 1 is 0.864 bits per heavy atom. The van der Waals surface area contributed by atoms with Crippen molar-refractivity contribution in [3.05, 3.63) is 84.9 Å². The van der Waals surface area contributed by atoms with E-state index in [1.165, 1.54) is 6.08 Å².